The maximum absolute atomic E-state index is 13.1. The van der Waals surface area contributed by atoms with Crippen LogP contribution in [0.2, 0.25) is 5.02 Å². The lowest BCUT2D eigenvalue weighted by Crippen LogP contribution is -2.41. The quantitative estimate of drug-likeness (QED) is 0.781. The maximum atomic E-state index is 13.1. The van der Waals surface area contributed by atoms with E-state index in [0.717, 1.165) is 12.1 Å². The van der Waals surface area contributed by atoms with Crippen molar-refractivity contribution in [1.82, 2.24) is 0 Å². The van der Waals surface area contributed by atoms with Gasteiger partial charge in [-0.1, -0.05) is 17.7 Å². The lowest BCUT2D eigenvalue weighted by atomic mass is 9.79. The fraction of sp³-hybridized carbons (Fsp3) is 0.333. The molecule has 0 amide bonds. The number of sulfonamides is 1. The van der Waals surface area contributed by atoms with Crippen LogP contribution in [-0.2, 0) is 19.3 Å². The van der Waals surface area contributed by atoms with Crippen molar-refractivity contribution >= 4 is 39.9 Å². The second kappa shape index (κ2) is 6.77. The van der Waals surface area contributed by atoms with Gasteiger partial charge in [-0.2, -0.15) is 0 Å². The van der Waals surface area contributed by atoms with Crippen molar-refractivity contribution in [3.05, 3.63) is 53.3 Å². The molecule has 9 heteroatoms. The van der Waals surface area contributed by atoms with Crippen LogP contribution in [0.5, 0.6) is 0 Å². The Kier molecular flexibility index (Phi) is 5.05. The molecule has 0 aromatic heterocycles. The van der Waals surface area contributed by atoms with Crippen LogP contribution in [0.25, 0.3) is 0 Å². The average Bonchev–Trinajstić information content (AvgIpc) is 2.78. The summed E-state index contributed by atoms with van der Waals surface area (Å²) in [5.41, 5.74) is -0.223. The van der Waals surface area contributed by atoms with Crippen LogP contribution in [0.4, 0.5) is 10.1 Å². The van der Waals surface area contributed by atoms with Gasteiger partial charge in [-0.05, 0) is 69.6 Å². The first kappa shape index (κ1) is 20.1. The summed E-state index contributed by atoms with van der Waals surface area (Å²) >= 11 is 6.17. The first-order chi connectivity index (χ1) is 12.4. The third kappa shape index (κ3) is 3.99. The first-order valence-electron chi connectivity index (χ1n) is 8.35. The topological polar surface area (TPSA) is 64.6 Å². The SMILES string of the molecule is CC1(C)OB(c2ccc(Cl)c(NS(=O)(=O)c3ccc(F)cc3)c2)OC1(C)C. The molecule has 0 atom stereocenters. The van der Waals surface area contributed by atoms with Gasteiger partial charge in [0.1, 0.15) is 5.82 Å². The standard InChI is InChI=1S/C18H20BClFNO4S/c1-17(2)18(3,4)26-19(25-17)12-5-10-15(20)16(11-12)22-27(23,24)14-8-6-13(21)7-9-14/h5-11,22H,1-4H3. The Morgan fingerprint density at radius 1 is 1.00 bits per heavy atom. The fourth-order valence-electron chi connectivity index (χ4n) is 2.56. The molecule has 0 unspecified atom stereocenters. The van der Waals surface area contributed by atoms with Gasteiger partial charge in [0.25, 0.3) is 10.0 Å². The van der Waals surface area contributed by atoms with Crippen molar-refractivity contribution in [3.63, 3.8) is 0 Å². The van der Waals surface area contributed by atoms with E-state index in [4.69, 9.17) is 20.9 Å². The van der Waals surface area contributed by atoms with Gasteiger partial charge in [-0.3, -0.25) is 4.72 Å². The fourth-order valence-corrected chi connectivity index (χ4v) is 3.86. The third-order valence-corrected chi connectivity index (χ3v) is 6.60. The van der Waals surface area contributed by atoms with Crippen molar-refractivity contribution < 1.29 is 22.1 Å². The maximum Gasteiger partial charge on any atom is 0.494 e. The average molecular weight is 412 g/mol. The molecular formula is C18H20BClFNO4S. The number of hydrogen-bond donors (Lipinski definition) is 1. The number of hydrogen-bond acceptors (Lipinski definition) is 4. The van der Waals surface area contributed by atoms with Gasteiger partial charge >= 0.3 is 7.12 Å². The van der Waals surface area contributed by atoms with Crippen LogP contribution < -0.4 is 10.2 Å². The van der Waals surface area contributed by atoms with Gasteiger partial charge < -0.3 is 9.31 Å². The van der Waals surface area contributed by atoms with Crippen LogP contribution >= 0.6 is 11.6 Å². The van der Waals surface area contributed by atoms with E-state index in [2.05, 4.69) is 4.72 Å². The van der Waals surface area contributed by atoms with Crippen molar-refractivity contribution in [2.45, 2.75) is 43.8 Å². The zero-order valence-electron chi connectivity index (χ0n) is 15.4. The Morgan fingerprint density at radius 3 is 2.11 bits per heavy atom. The third-order valence-electron chi connectivity index (χ3n) is 4.88. The number of halogens is 2. The molecule has 27 heavy (non-hydrogen) atoms. The number of rotatable bonds is 4. The molecule has 144 valence electrons. The summed E-state index contributed by atoms with van der Waals surface area (Å²) in [6.45, 7) is 7.73. The van der Waals surface area contributed by atoms with Gasteiger partial charge in [-0.25, -0.2) is 12.8 Å². The predicted octanol–water partition coefficient (Wildman–Crippen LogP) is 3.58. The van der Waals surface area contributed by atoms with Crippen LogP contribution in [0.3, 0.4) is 0 Å². The van der Waals surface area contributed by atoms with Crippen molar-refractivity contribution in [1.29, 1.82) is 0 Å². The smallest absolute Gasteiger partial charge is 0.399 e. The van der Waals surface area contributed by atoms with Crippen molar-refractivity contribution in [2.24, 2.45) is 0 Å². The Labute approximate surface area is 164 Å². The second-order valence-corrected chi connectivity index (χ2v) is 9.48. The van der Waals surface area contributed by atoms with E-state index in [1.165, 1.54) is 12.1 Å². The zero-order chi connectivity index (χ0) is 20.0. The largest absolute Gasteiger partial charge is 0.494 e. The highest BCUT2D eigenvalue weighted by Crippen LogP contribution is 2.37. The summed E-state index contributed by atoms with van der Waals surface area (Å²) in [4.78, 5) is -0.0685. The highest BCUT2D eigenvalue weighted by molar-refractivity contribution is 7.92. The molecule has 0 aliphatic carbocycles. The predicted molar refractivity (Wildman–Crippen MR) is 104 cm³/mol. The van der Waals surface area contributed by atoms with E-state index in [1.807, 2.05) is 27.7 Å². The second-order valence-electron chi connectivity index (χ2n) is 7.39. The molecule has 0 spiro atoms. The summed E-state index contributed by atoms with van der Waals surface area (Å²) in [5, 5.41) is 0.223. The van der Waals surface area contributed by atoms with Crippen LogP contribution in [0.15, 0.2) is 47.4 Å². The molecule has 5 nitrogen and oxygen atoms in total. The van der Waals surface area contributed by atoms with Crippen LogP contribution in [-0.4, -0.2) is 26.7 Å². The monoisotopic (exact) mass is 411 g/mol. The Morgan fingerprint density at radius 2 is 1.56 bits per heavy atom. The normalized spacial score (nSPS) is 18.5. The Hall–Kier alpha value is -1.61. The van der Waals surface area contributed by atoms with E-state index in [-0.39, 0.29) is 15.6 Å². The van der Waals surface area contributed by atoms with E-state index in [9.17, 15) is 12.8 Å². The molecular weight excluding hydrogens is 392 g/mol. The van der Waals surface area contributed by atoms with Gasteiger partial charge in [0.05, 0.1) is 26.8 Å². The van der Waals surface area contributed by atoms with Gasteiger partial charge in [-0.15, -0.1) is 0 Å². The summed E-state index contributed by atoms with van der Waals surface area (Å²) in [6, 6.07) is 9.40. The van der Waals surface area contributed by atoms with E-state index in [1.54, 1.807) is 18.2 Å². The summed E-state index contributed by atoms with van der Waals surface area (Å²) in [5.74, 6) is -0.519. The molecule has 1 N–H and O–H groups in total. The van der Waals surface area contributed by atoms with E-state index >= 15 is 0 Å². The molecule has 3 rings (SSSR count). The summed E-state index contributed by atoms with van der Waals surface area (Å²) in [6.07, 6.45) is 0. The molecule has 2 aromatic carbocycles. The summed E-state index contributed by atoms with van der Waals surface area (Å²) in [7, 11) is -4.57. The lowest BCUT2D eigenvalue weighted by Gasteiger charge is -2.32. The summed E-state index contributed by atoms with van der Waals surface area (Å²) < 4.78 is 52.6. The minimum absolute atomic E-state index is 0.0685. The molecule has 0 saturated carbocycles. The Balaban J connectivity index is 1.90. The van der Waals surface area contributed by atoms with Gasteiger partial charge in [0.15, 0.2) is 0 Å². The molecule has 1 fully saturated rings. The molecule has 1 aliphatic heterocycles. The van der Waals surface area contributed by atoms with E-state index in [0.29, 0.717) is 5.46 Å². The number of benzene rings is 2. The highest BCUT2D eigenvalue weighted by atomic mass is 35.5. The van der Waals surface area contributed by atoms with Crippen molar-refractivity contribution in [2.75, 3.05) is 4.72 Å². The van der Waals surface area contributed by atoms with Crippen molar-refractivity contribution in [3.8, 4) is 0 Å². The first-order valence-corrected chi connectivity index (χ1v) is 10.2. The molecule has 0 bridgehead atoms. The highest BCUT2D eigenvalue weighted by Gasteiger charge is 2.51. The van der Waals surface area contributed by atoms with Crippen LogP contribution in [0.1, 0.15) is 27.7 Å². The van der Waals surface area contributed by atoms with Gasteiger partial charge in [0.2, 0.25) is 0 Å². The molecule has 2 aromatic rings. The number of nitrogens with one attached hydrogen (secondary N) is 1. The number of anilines is 1. The van der Waals surface area contributed by atoms with E-state index < -0.39 is 34.2 Å². The molecule has 1 heterocycles. The lowest BCUT2D eigenvalue weighted by molar-refractivity contribution is 0.00578. The van der Waals surface area contributed by atoms with Crippen LogP contribution in [0, 0.1) is 5.82 Å². The molecule has 0 radical (unpaired) electrons. The Bertz CT molecular complexity index is 948. The molecule has 1 aliphatic rings. The van der Waals surface area contributed by atoms with Gasteiger partial charge in [0, 0.05) is 0 Å². The zero-order valence-corrected chi connectivity index (χ0v) is 17.0. The minimum atomic E-state index is -3.92. The molecule has 1 saturated heterocycles. The minimum Gasteiger partial charge on any atom is -0.399 e.